The van der Waals surface area contributed by atoms with Gasteiger partial charge in [-0.15, -0.1) is 5.10 Å². The van der Waals surface area contributed by atoms with Crippen LogP contribution in [0.4, 0.5) is 20.7 Å². The summed E-state index contributed by atoms with van der Waals surface area (Å²) in [7, 11) is 0. The molecular weight excluding hydrogens is 373 g/mol. The molecule has 1 amide bonds. The Balaban J connectivity index is 2.03. The van der Waals surface area contributed by atoms with Gasteiger partial charge in [0.25, 0.3) is 11.6 Å². The number of benzene rings is 1. The van der Waals surface area contributed by atoms with Gasteiger partial charge in [0, 0.05) is 18.2 Å². The fraction of sp³-hybridized carbons (Fsp3) is 0.353. The molecule has 1 aromatic carbocycles. The molecule has 3 rings (SSSR count). The minimum atomic E-state index is -1.04. The van der Waals surface area contributed by atoms with E-state index in [2.05, 4.69) is 15.7 Å². The number of anilines is 1. The highest BCUT2D eigenvalue weighted by atomic mass is 19.1. The largest absolute Gasteiger partial charge is 0.448 e. The average molecular weight is 391 g/mol. The third kappa shape index (κ3) is 3.20. The first kappa shape index (κ1) is 19.4. The fourth-order valence-electron chi connectivity index (χ4n) is 3.13. The highest BCUT2D eigenvalue weighted by molar-refractivity contribution is 6.07. The van der Waals surface area contributed by atoms with Crippen molar-refractivity contribution in [3.63, 3.8) is 0 Å². The summed E-state index contributed by atoms with van der Waals surface area (Å²) in [5, 5.41) is 20.8. The summed E-state index contributed by atoms with van der Waals surface area (Å²) in [6.07, 6.45) is -0.729. The van der Waals surface area contributed by atoms with Crippen LogP contribution in [0.2, 0.25) is 0 Å². The molecule has 2 aromatic rings. The van der Waals surface area contributed by atoms with Crippen molar-refractivity contribution in [3.8, 4) is 0 Å². The van der Waals surface area contributed by atoms with Crippen LogP contribution in [0.25, 0.3) is 0 Å². The van der Waals surface area contributed by atoms with Crippen LogP contribution in [0, 0.1) is 15.9 Å². The third-order valence-electron chi connectivity index (χ3n) is 4.37. The van der Waals surface area contributed by atoms with Gasteiger partial charge in [-0.2, -0.15) is 4.68 Å². The van der Waals surface area contributed by atoms with E-state index in [1.165, 1.54) is 0 Å². The van der Waals surface area contributed by atoms with Crippen molar-refractivity contribution >= 4 is 23.5 Å². The zero-order chi connectivity index (χ0) is 20.6. The molecule has 1 aliphatic heterocycles. The molecule has 0 spiro atoms. The van der Waals surface area contributed by atoms with E-state index in [9.17, 15) is 24.1 Å². The highest BCUT2D eigenvalue weighted by Crippen LogP contribution is 2.35. The van der Waals surface area contributed by atoms with Gasteiger partial charge in [-0.3, -0.25) is 14.9 Å². The van der Waals surface area contributed by atoms with Crippen molar-refractivity contribution in [1.29, 1.82) is 0 Å². The molecule has 2 N–H and O–H groups in total. The van der Waals surface area contributed by atoms with Crippen LogP contribution < -0.4 is 10.6 Å². The lowest BCUT2D eigenvalue weighted by Crippen LogP contribution is -2.34. The number of carbonyl (C=O) groups is 2. The molecule has 0 atom stereocenters. The number of rotatable bonds is 4. The van der Waals surface area contributed by atoms with Crippen LogP contribution in [0.1, 0.15) is 42.4 Å². The zero-order valence-corrected chi connectivity index (χ0v) is 15.4. The first-order valence-corrected chi connectivity index (χ1v) is 8.46. The molecule has 1 aliphatic rings. The standard InChI is InChI=1S/C17H18FN5O5/c1-4-28-16(25)22-13-9(8-19-17(13,2)3)14(21-22)20-15(24)12-10(18)6-5-7-11(12)23(26)27/h5-7,19H,4,8H2,1-3H3,(H,20,21,24). The summed E-state index contributed by atoms with van der Waals surface area (Å²) in [6.45, 7) is 5.71. The Labute approximate surface area is 158 Å². The lowest BCUT2D eigenvalue weighted by molar-refractivity contribution is -0.385. The molecule has 0 aliphatic carbocycles. The van der Waals surface area contributed by atoms with Crippen LogP contribution in [-0.4, -0.2) is 33.3 Å². The van der Waals surface area contributed by atoms with Gasteiger partial charge in [-0.25, -0.2) is 9.18 Å². The van der Waals surface area contributed by atoms with Gasteiger partial charge in [0.2, 0.25) is 0 Å². The predicted molar refractivity (Wildman–Crippen MR) is 95.5 cm³/mol. The Morgan fingerprint density at radius 3 is 2.82 bits per heavy atom. The fourth-order valence-corrected chi connectivity index (χ4v) is 3.13. The van der Waals surface area contributed by atoms with Crippen LogP contribution in [0.3, 0.4) is 0 Å². The lowest BCUT2D eigenvalue weighted by Gasteiger charge is -2.20. The Morgan fingerprint density at radius 1 is 1.46 bits per heavy atom. The molecule has 0 fully saturated rings. The van der Waals surface area contributed by atoms with E-state index in [4.69, 9.17) is 4.74 Å². The van der Waals surface area contributed by atoms with Crippen molar-refractivity contribution in [1.82, 2.24) is 15.1 Å². The molecule has 2 heterocycles. The number of carbonyl (C=O) groups excluding carboxylic acids is 2. The quantitative estimate of drug-likeness (QED) is 0.605. The minimum Gasteiger partial charge on any atom is -0.448 e. The van der Waals surface area contributed by atoms with Crippen molar-refractivity contribution in [2.75, 3.05) is 11.9 Å². The maximum atomic E-state index is 14.1. The summed E-state index contributed by atoms with van der Waals surface area (Å²) < 4.78 is 20.1. The molecule has 28 heavy (non-hydrogen) atoms. The maximum absolute atomic E-state index is 14.1. The SMILES string of the molecule is CCOC(=O)n1nc(NC(=O)c2c(F)cccc2[N+](=O)[O-])c2c1C(C)(C)NC2. The summed E-state index contributed by atoms with van der Waals surface area (Å²) in [4.78, 5) is 35.1. The normalized spacial score (nSPS) is 14.4. The van der Waals surface area contributed by atoms with Crippen molar-refractivity contribution in [2.24, 2.45) is 0 Å². The average Bonchev–Trinajstić information content (AvgIpc) is 3.13. The number of hydrogen-bond acceptors (Lipinski definition) is 7. The second-order valence-corrected chi connectivity index (χ2v) is 6.61. The first-order chi connectivity index (χ1) is 13.2. The number of nitro benzene ring substituents is 1. The number of ether oxygens (including phenoxy) is 1. The van der Waals surface area contributed by atoms with Gasteiger partial charge in [-0.1, -0.05) is 6.07 Å². The smallest absolute Gasteiger partial charge is 0.435 e. The van der Waals surface area contributed by atoms with E-state index < -0.39 is 39.5 Å². The molecule has 0 bridgehead atoms. The van der Waals surface area contributed by atoms with Crippen LogP contribution in [0.5, 0.6) is 0 Å². The number of aromatic nitrogens is 2. The maximum Gasteiger partial charge on any atom is 0.435 e. The second-order valence-electron chi connectivity index (χ2n) is 6.61. The molecule has 0 radical (unpaired) electrons. The number of halogens is 1. The summed E-state index contributed by atoms with van der Waals surface area (Å²) in [5.41, 5.74) is -1.01. The number of fused-ring (bicyclic) bond motifs is 1. The molecule has 0 unspecified atom stereocenters. The number of nitro groups is 1. The first-order valence-electron chi connectivity index (χ1n) is 8.46. The van der Waals surface area contributed by atoms with Gasteiger partial charge in [-0.05, 0) is 26.8 Å². The van der Waals surface area contributed by atoms with Gasteiger partial charge in [0.15, 0.2) is 11.4 Å². The Kier molecular flexibility index (Phi) is 4.86. The van der Waals surface area contributed by atoms with Gasteiger partial charge < -0.3 is 15.4 Å². The molecule has 11 heteroatoms. The number of nitrogens with zero attached hydrogens (tertiary/aromatic N) is 3. The molecule has 0 saturated heterocycles. The van der Waals surface area contributed by atoms with E-state index in [0.29, 0.717) is 11.3 Å². The zero-order valence-electron chi connectivity index (χ0n) is 15.4. The Hall–Kier alpha value is -3.34. The van der Waals surface area contributed by atoms with E-state index in [1.54, 1.807) is 6.92 Å². The molecule has 10 nitrogen and oxygen atoms in total. The number of nitrogens with one attached hydrogen (secondary N) is 2. The number of amides is 1. The molecule has 148 valence electrons. The van der Waals surface area contributed by atoms with E-state index in [-0.39, 0.29) is 19.0 Å². The summed E-state index contributed by atoms with van der Waals surface area (Å²) in [6, 6.07) is 3.13. The highest BCUT2D eigenvalue weighted by Gasteiger charge is 2.39. The third-order valence-corrected chi connectivity index (χ3v) is 4.37. The summed E-state index contributed by atoms with van der Waals surface area (Å²) >= 11 is 0. The van der Waals surface area contributed by atoms with Crippen molar-refractivity contribution in [3.05, 3.63) is 51.0 Å². The van der Waals surface area contributed by atoms with Gasteiger partial charge in [0.1, 0.15) is 5.82 Å². The lowest BCUT2D eigenvalue weighted by atomic mass is 10.0. The molecule has 1 aromatic heterocycles. The van der Waals surface area contributed by atoms with E-state index in [0.717, 1.165) is 22.9 Å². The predicted octanol–water partition coefficient (Wildman–Crippen LogP) is 2.53. The molecular formula is C17H18FN5O5. The topological polar surface area (TPSA) is 128 Å². The van der Waals surface area contributed by atoms with Crippen LogP contribution >= 0.6 is 0 Å². The van der Waals surface area contributed by atoms with E-state index >= 15 is 0 Å². The number of hydrogen-bond donors (Lipinski definition) is 2. The summed E-state index contributed by atoms with van der Waals surface area (Å²) in [5.74, 6) is -2.07. The van der Waals surface area contributed by atoms with Gasteiger partial charge in [0.05, 0.1) is 22.8 Å². The van der Waals surface area contributed by atoms with Crippen LogP contribution in [0.15, 0.2) is 18.2 Å². The van der Waals surface area contributed by atoms with Crippen molar-refractivity contribution < 1.29 is 23.6 Å². The monoisotopic (exact) mass is 391 g/mol. The Morgan fingerprint density at radius 2 is 2.18 bits per heavy atom. The van der Waals surface area contributed by atoms with Crippen LogP contribution in [-0.2, 0) is 16.8 Å². The van der Waals surface area contributed by atoms with Crippen molar-refractivity contribution in [2.45, 2.75) is 32.9 Å². The van der Waals surface area contributed by atoms with Gasteiger partial charge >= 0.3 is 6.09 Å². The second kappa shape index (κ2) is 7.00. The van der Waals surface area contributed by atoms with E-state index in [1.807, 2.05) is 13.8 Å². The minimum absolute atomic E-state index is 0.00341. The Bertz CT molecular complexity index is 985. The molecule has 0 saturated carbocycles.